The Morgan fingerprint density at radius 1 is 1.04 bits per heavy atom. The first-order chi connectivity index (χ1) is 12.6. The van der Waals surface area contributed by atoms with Crippen molar-refractivity contribution in [3.63, 3.8) is 0 Å². The molecule has 3 aliphatic heterocycles. The molecule has 1 saturated heterocycles. The number of rotatable bonds is 3. The molecule has 0 bridgehead atoms. The third-order valence-corrected chi connectivity index (χ3v) is 6.38. The Bertz CT molecular complexity index is 631. The smallest absolute Gasteiger partial charge is 0.170 e. The Kier molecular flexibility index (Phi) is 5.23. The maximum Gasteiger partial charge on any atom is 0.170 e. The van der Waals surface area contributed by atoms with Gasteiger partial charge in [-0.25, -0.2) is 9.98 Å². The van der Waals surface area contributed by atoms with Gasteiger partial charge < -0.3 is 5.32 Å². The molecule has 1 unspecified atom stereocenters. The van der Waals surface area contributed by atoms with Gasteiger partial charge in [0.25, 0.3) is 0 Å². The van der Waals surface area contributed by atoms with Crippen LogP contribution >= 0.6 is 0 Å². The van der Waals surface area contributed by atoms with Crippen LogP contribution < -0.4 is 5.32 Å². The summed E-state index contributed by atoms with van der Waals surface area (Å²) in [6.45, 7) is 11.6. The van der Waals surface area contributed by atoms with Gasteiger partial charge in [-0.1, -0.05) is 0 Å². The Balaban J connectivity index is 1.28. The van der Waals surface area contributed by atoms with E-state index in [2.05, 4.69) is 50.9 Å². The third-order valence-electron chi connectivity index (χ3n) is 6.38. The maximum absolute atomic E-state index is 4.51. The number of aliphatic imine (C=N–C) groups is 3. The molecule has 0 amide bonds. The molecule has 3 heterocycles. The second-order valence-corrected chi connectivity index (χ2v) is 8.31. The fourth-order valence-corrected chi connectivity index (χ4v) is 4.69. The van der Waals surface area contributed by atoms with Gasteiger partial charge in [0.05, 0.1) is 0 Å². The second-order valence-electron chi connectivity index (χ2n) is 8.31. The van der Waals surface area contributed by atoms with Crippen molar-refractivity contribution in [1.82, 2.24) is 15.1 Å². The van der Waals surface area contributed by atoms with Gasteiger partial charge in [0, 0.05) is 56.1 Å². The summed E-state index contributed by atoms with van der Waals surface area (Å²) in [5, 5.41) is 3.70. The molecule has 0 radical (unpaired) electrons. The van der Waals surface area contributed by atoms with Crippen LogP contribution in [0.3, 0.4) is 0 Å². The number of hydrogen-bond acceptors (Lipinski definition) is 6. The van der Waals surface area contributed by atoms with E-state index in [-0.39, 0.29) is 6.17 Å². The zero-order valence-electron chi connectivity index (χ0n) is 16.4. The average molecular weight is 357 g/mol. The van der Waals surface area contributed by atoms with Gasteiger partial charge in [0.15, 0.2) is 6.17 Å². The Morgan fingerprint density at radius 2 is 1.77 bits per heavy atom. The highest BCUT2D eigenvalue weighted by atomic mass is 15.3. The lowest BCUT2D eigenvalue weighted by Crippen LogP contribution is -2.53. The first-order valence-corrected chi connectivity index (χ1v) is 10.2. The summed E-state index contributed by atoms with van der Waals surface area (Å²) in [5.74, 6) is 0.994. The minimum Gasteiger partial charge on any atom is -0.367 e. The van der Waals surface area contributed by atoms with E-state index in [0.717, 1.165) is 11.9 Å². The van der Waals surface area contributed by atoms with Crippen molar-refractivity contribution in [2.45, 2.75) is 70.7 Å². The van der Waals surface area contributed by atoms with Crippen molar-refractivity contribution in [2.75, 3.05) is 26.2 Å². The van der Waals surface area contributed by atoms with E-state index >= 15 is 0 Å². The SMILES string of the molecule is CC1=C2C(NC3CCC(N4CCN(C(C)C)CC4)CC3)=NC=NC2N=C1. The summed E-state index contributed by atoms with van der Waals surface area (Å²) >= 11 is 0. The highest BCUT2D eigenvalue weighted by Gasteiger charge is 2.31. The van der Waals surface area contributed by atoms with Gasteiger partial charge in [-0.05, 0) is 52.0 Å². The number of piperazine rings is 1. The summed E-state index contributed by atoms with van der Waals surface area (Å²) in [7, 11) is 0. The van der Waals surface area contributed by atoms with E-state index in [0.29, 0.717) is 12.1 Å². The number of allylic oxidation sites excluding steroid dienone is 1. The predicted octanol–water partition coefficient (Wildman–Crippen LogP) is 2.08. The molecule has 6 heteroatoms. The van der Waals surface area contributed by atoms with Crippen LogP contribution in [0.2, 0.25) is 0 Å². The van der Waals surface area contributed by atoms with E-state index in [1.807, 2.05) is 6.21 Å². The number of nitrogens with zero attached hydrogens (tertiary/aromatic N) is 5. The molecule has 6 nitrogen and oxygen atoms in total. The molecule has 1 N–H and O–H groups in total. The first kappa shape index (κ1) is 17.9. The molecular formula is C20H32N6. The zero-order chi connectivity index (χ0) is 18.1. The molecule has 0 aromatic rings. The molecule has 142 valence electrons. The zero-order valence-corrected chi connectivity index (χ0v) is 16.4. The van der Waals surface area contributed by atoms with Crippen molar-refractivity contribution >= 4 is 18.4 Å². The number of nitrogens with one attached hydrogen (secondary N) is 1. The van der Waals surface area contributed by atoms with Crippen molar-refractivity contribution in [1.29, 1.82) is 0 Å². The van der Waals surface area contributed by atoms with Gasteiger partial charge in [-0.3, -0.25) is 14.8 Å². The van der Waals surface area contributed by atoms with E-state index < -0.39 is 0 Å². The lowest BCUT2D eigenvalue weighted by molar-refractivity contribution is 0.0614. The van der Waals surface area contributed by atoms with Crippen LogP contribution in [0.5, 0.6) is 0 Å². The van der Waals surface area contributed by atoms with Crippen LogP contribution in [0, 0.1) is 0 Å². The molecule has 1 aliphatic carbocycles. The number of hydrogen-bond donors (Lipinski definition) is 1. The predicted molar refractivity (Wildman–Crippen MR) is 108 cm³/mol. The molecule has 0 aromatic heterocycles. The van der Waals surface area contributed by atoms with Crippen LogP contribution in [0.1, 0.15) is 46.5 Å². The minimum atomic E-state index is -0.0661. The minimum absolute atomic E-state index is 0.0661. The van der Waals surface area contributed by atoms with Gasteiger partial charge in [-0.2, -0.15) is 0 Å². The van der Waals surface area contributed by atoms with Crippen LogP contribution in [0.15, 0.2) is 26.1 Å². The molecule has 0 aromatic carbocycles. The Labute approximate surface area is 157 Å². The maximum atomic E-state index is 4.51. The van der Waals surface area contributed by atoms with Crippen LogP contribution in [0.25, 0.3) is 0 Å². The summed E-state index contributed by atoms with van der Waals surface area (Å²) in [6.07, 6.45) is 8.55. The van der Waals surface area contributed by atoms with Crippen LogP contribution in [0.4, 0.5) is 0 Å². The van der Waals surface area contributed by atoms with E-state index in [4.69, 9.17) is 0 Å². The molecule has 26 heavy (non-hydrogen) atoms. The normalized spacial score (nSPS) is 32.9. The first-order valence-electron chi connectivity index (χ1n) is 10.2. The van der Waals surface area contributed by atoms with Crippen molar-refractivity contribution in [3.8, 4) is 0 Å². The monoisotopic (exact) mass is 356 g/mol. The summed E-state index contributed by atoms with van der Waals surface area (Å²) < 4.78 is 0. The lowest BCUT2D eigenvalue weighted by atomic mass is 9.89. The van der Waals surface area contributed by atoms with Crippen molar-refractivity contribution < 1.29 is 0 Å². The van der Waals surface area contributed by atoms with E-state index in [1.165, 1.54) is 63.0 Å². The summed E-state index contributed by atoms with van der Waals surface area (Å²) in [5.41, 5.74) is 2.36. The van der Waals surface area contributed by atoms with E-state index in [9.17, 15) is 0 Å². The molecule has 1 atom stereocenters. The quantitative estimate of drug-likeness (QED) is 0.842. The lowest BCUT2D eigenvalue weighted by Gasteiger charge is -2.43. The van der Waals surface area contributed by atoms with Crippen molar-refractivity contribution in [3.05, 3.63) is 11.1 Å². The van der Waals surface area contributed by atoms with Gasteiger partial charge in [0.2, 0.25) is 0 Å². The summed E-state index contributed by atoms with van der Waals surface area (Å²) in [4.78, 5) is 18.6. The number of amidine groups is 1. The molecule has 2 fully saturated rings. The molecule has 4 aliphatic rings. The van der Waals surface area contributed by atoms with Gasteiger partial charge >= 0.3 is 0 Å². The largest absolute Gasteiger partial charge is 0.367 e. The van der Waals surface area contributed by atoms with Crippen LogP contribution in [-0.2, 0) is 0 Å². The topological polar surface area (TPSA) is 55.6 Å². The molecular weight excluding hydrogens is 324 g/mol. The highest BCUT2D eigenvalue weighted by molar-refractivity contribution is 6.10. The fraction of sp³-hybridized carbons (Fsp3) is 0.750. The van der Waals surface area contributed by atoms with E-state index in [1.54, 1.807) is 6.34 Å². The Hall–Kier alpha value is -1.53. The number of fused-ring (bicyclic) bond motifs is 1. The molecule has 4 rings (SSSR count). The molecule has 0 spiro atoms. The standard InChI is InChI=1S/C20H32N6/c1-14(2)25-8-10-26(11-9-25)17-6-4-16(5-7-17)24-20-18-15(3)12-21-19(18)22-13-23-20/h12-14,16-17,19H,4-11H2,1-3H3,(H,22,23,24). The second kappa shape index (κ2) is 7.61. The van der Waals surface area contributed by atoms with Gasteiger partial charge in [-0.15, -0.1) is 0 Å². The van der Waals surface area contributed by atoms with Gasteiger partial charge in [0.1, 0.15) is 12.2 Å². The highest BCUT2D eigenvalue weighted by Crippen LogP contribution is 2.27. The fourth-order valence-electron chi connectivity index (χ4n) is 4.69. The summed E-state index contributed by atoms with van der Waals surface area (Å²) in [6, 6.07) is 1.97. The average Bonchev–Trinajstić information content (AvgIpc) is 3.05. The third kappa shape index (κ3) is 3.62. The van der Waals surface area contributed by atoms with Crippen molar-refractivity contribution in [2.24, 2.45) is 15.0 Å². The molecule has 1 saturated carbocycles. The van der Waals surface area contributed by atoms with Crippen LogP contribution in [-0.4, -0.2) is 78.7 Å². The Morgan fingerprint density at radius 3 is 2.46 bits per heavy atom.